The van der Waals surface area contributed by atoms with Crippen LogP contribution in [0.2, 0.25) is 0 Å². The number of aryl methyl sites for hydroxylation is 1. The molecule has 18 heavy (non-hydrogen) atoms. The zero-order valence-electron chi connectivity index (χ0n) is 10.2. The van der Waals surface area contributed by atoms with Crippen LogP contribution in [0.25, 0.3) is 11.0 Å². The Labute approximate surface area is 104 Å². The van der Waals surface area contributed by atoms with Gasteiger partial charge in [0, 0.05) is 6.42 Å². The Morgan fingerprint density at radius 2 is 2.17 bits per heavy atom. The maximum Gasteiger partial charge on any atom is 0.226 e. The summed E-state index contributed by atoms with van der Waals surface area (Å²) in [6.07, 6.45) is 3.65. The SMILES string of the molecule is CCCc1nc(Cn2cnc3ccccc32)no1. The number of para-hydroxylation sites is 2. The minimum absolute atomic E-state index is 0.591. The Hall–Kier alpha value is -2.17. The zero-order valence-corrected chi connectivity index (χ0v) is 10.2. The molecule has 5 heteroatoms. The molecule has 3 aromatic rings. The maximum atomic E-state index is 5.17. The van der Waals surface area contributed by atoms with Crippen molar-refractivity contribution in [3.63, 3.8) is 0 Å². The van der Waals surface area contributed by atoms with Gasteiger partial charge in [-0.2, -0.15) is 4.98 Å². The fourth-order valence-electron chi connectivity index (χ4n) is 1.96. The van der Waals surface area contributed by atoms with E-state index in [1.807, 2.05) is 28.8 Å². The first-order valence-electron chi connectivity index (χ1n) is 6.08. The number of hydrogen-bond donors (Lipinski definition) is 0. The number of fused-ring (bicyclic) bond motifs is 1. The van der Waals surface area contributed by atoms with Crippen LogP contribution >= 0.6 is 0 Å². The number of hydrogen-bond acceptors (Lipinski definition) is 4. The molecule has 1 aromatic carbocycles. The summed E-state index contributed by atoms with van der Waals surface area (Å²) in [6.45, 7) is 2.68. The summed E-state index contributed by atoms with van der Waals surface area (Å²) >= 11 is 0. The third-order valence-electron chi connectivity index (χ3n) is 2.81. The Morgan fingerprint density at radius 1 is 1.28 bits per heavy atom. The van der Waals surface area contributed by atoms with Crippen LogP contribution in [0.1, 0.15) is 25.1 Å². The molecule has 0 saturated heterocycles. The van der Waals surface area contributed by atoms with Crippen LogP contribution < -0.4 is 0 Å². The topological polar surface area (TPSA) is 56.7 Å². The van der Waals surface area contributed by atoms with E-state index >= 15 is 0 Å². The van der Waals surface area contributed by atoms with E-state index < -0.39 is 0 Å². The third-order valence-corrected chi connectivity index (χ3v) is 2.81. The van der Waals surface area contributed by atoms with E-state index in [2.05, 4.69) is 22.0 Å². The molecule has 0 N–H and O–H groups in total. The number of imidazole rings is 1. The van der Waals surface area contributed by atoms with Crippen molar-refractivity contribution in [3.05, 3.63) is 42.3 Å². The van der Waals surface area contributed by atoms with Crippen LogP contribution in [-0.4, -0.2) is 19.7 Å². The van der Waals surface area contributed by atoms with Gasteiger partial charge in [-0.05, 0) is 18.6 Å². The highest BCUT2D eigenvalue weighted by Gasteiger charge is 2.08. The molecular weight excluding hydrogens is 228 g/mol. The highest BCUT2D eigenvalue weighted by molar-refractivity contribution is 5.74. The van der Waals surface area contributed by atoms with Gasteiger partial charge in [0.2, 0.25) is 5.89 Å². The van der Waals surface area contributed by atoms with E-state index in [1.165, 1.54) is 0 Å². The van der Waals surface area contributed by atoms with E-state index in [-0.39, 0.29) is 0 Å². The Morgan fingerprint density at radius 3 is 3.06 bits per heavy atom. The molecule has 0 spiro atoms. The Balaban J connectivity index is 1.87. The lowest BCUT2D eigenvalue weighted by molar-refractivity contribution is 0.371. The van der Waals surface area contributed by atoms with Gasteiger partial charge >= 0.3 is 0 Å². The molecule has 0 aliphatic heterocycles. The normalized spacial score (nSPS) is 11.2. The molecule has 0 bridgehead atoms. The molecule has 2 heterocycles. The molecule has 5 nitrogen and oxygen atoms in total. The second-order valence-corrected chi connectivity index (χ2v) is 4.22. The van der Waals surface area contributed by atoms with Crippen molar-refractivity contribution in [2.75, 3.05) is 0 Å². The van der Waals surface area contributed by atoms with Gasteiger partial charge in [-0.1, -0.05) is 24.2 Å². The van der Waals surface area contributed by atoms with Crippen molar-refractivity contribution in [1.82, 2.24) is 19.7 Å². The van der Waals surface area contributed by atoms with Crippen LogP contribution in [0.15, 0.2) is 35.1 Å². The molecule has 0 atom stereocenters. The van der Waals surface area contributed by atoms with Crippen LogP contribution in [0, 0.1) is 0 Å². The molecule has 2 aromatic heterocycles. The number of rotatable bonds is 4. The molecule has 0 aliphatic carbocycles. The van der Waals surface area contributed by atoms with E-state index in [1.54, 1.807) is 6.33 Å². The highest BCUT2D eigenvalue weighted by Crippen LogP contribution is 2.13. The van der Waals surface area contributed by atoms with Crippen LogP contribution in [-0.2, 0) is 13.0 Å². The summed E-state index contributed by atoms with van der Waals surface area (Å²) in [4.78, 5) is 8.69. The van der Waals surface area contributed by atoms with Crippen molar-refractivity contribution < 1.29 is 4.52 Å². The first-order chi connectivity index (χ1) is 8.86. The summed E-state index contributed by atoms with van der Waals surface area (Å²) < 4.78 is 7.19. The molecule has 92 valence electrons. The predicted molar refractivity (Wildman–Crippen MR) is 67.1 cm³/mol. The van der Waals surface area contributed by atoms with E-state index in [0.717, 1.165) is 23.9 Å². The van der Waals surface area contributed by atoms with Gasteiger partial charge in [0.1, 0.15) is 0 Å². The van der Waals surface area contributed by atoms with Gasteiger partial charge in [0.25, 0.3) is 0 Å². The quantitative estimate of drug-likeness (QED) is 0.705. The largest absolute Gasteiger partial charge is 0.339 e. The lowest BCUT2D eigenvalue weighted by Crippen LogP contribution is -2.00. The molecular formula is C13H14N4O. The molecule has 0 radical (unpaired) electrons. The van der Waals surface area contributed by atoms with Crippen molar-refractivity contribution in [3.8, 4) is 0 Å². The molecule has 0 unspecified atom stereocenters. The number of benzene rings is 1. The second-order valence-electron chi connectivity index (χ2n) is 4.22. The van der Waals surface area contributed by atoms with Crippen molar-refractivity contribution in [1.29, 1.82) is 0 Å². The lowest BCUT2D eigenvalue weighted by Gasteiger charge is -1.98. The summed E-state index contributed by atoms with van der Waals surface area (Å²) in [7, 11) is 0. The average molecular weight is 242 g/mol. The third kappa shape index (κ3) is 1.99. The summed E-state index contributed by atoms with van der Waals surface area (Å²) in [5, 5.41) is 3.98. The van der Waals surface area contributed by atoms with Crippen LogP contribution in [0.5, 0.6) is 0 Å². The second kappa shape index (κ2) is 4.60. The van der Waals surface area contributed by atoms with Gasteiger partial charge in [-0.3, -0.25) is 0 Å². The standard InChI is InChI=1S/C13H14N4O/c1-2-5-13-15-12(16-18-13)8-17-9-14-10-6-3-4-7-11(10)17/h3-4,6-7,9H,2,5,8H2,1H3. The van der Waals surface area contributed by atoms with E-state index in [4.69, 9.17) is 4.52 Å². The lowest BCUT2D eigenvalue weighted by atomic mass is 10.3. The summed E-state index contributed by atoms with van der Waals surface area (Å²) in [6, 6.07) is 8.01. The van der Waals surface area contributed by atoms with Gasteiger partial charge in [-0.15, -0.1) is 0 Å². The number of aromatic nitrogens is 4. The molecule has 3 rings (SSSR count). The van der Waals surface area contributed by atoms with E-state index in [0.29, 0.717) is 18.3 Å². The fraction of sp³-hybridized carbons (Fsp3) is 0.308. The van der Waals surface area contributed by atoms with Crippen LogP contribution in [0.4, 0.5) is 0 Å². The molecule has 0 fully saturated rings. The minimum atomic E-state index is 0.591. The molecule has 0 saturated carbocycles. The monoisotopic (exact) mass is 242 g/mol. The van der Waals surface area contributed by atoms with Gasteiger partial charge in [0.15, 0.2) is 5.82 Å². The van der Waals surface area contributed by atoms with Crippen molar-refractivity contribution in [2.24, 2.45) is 0 Å². The van der Waals surface area contributed by atoms with Gasteiger partial charge < -0.3 is 9.09 Å². The molecule has 0 aliphatic rings. The Bertz CT molecular complexity index is 656. The fourth-order valence-corrected chi connectivity index (χ4v) is 1.96. The van der Waals surface area contributed by atoms with E-state index in [9.17, 15) is 0 Å². The van der Waals surface area contributed by atoms with Gasteiger partial charge in [0.05, 0.1) is 23.9 Å². The first kappa shape index (κ1) is 11.0. The molecule has 0 amide bonds. The van der Waals surface area contributed by atoms with Crippen molar-refractivity contribution >= 4 is 11.0 Å². The summed E-state index contributed by atoms with van der Waals surface area (Å²) in [5.41, 5.74) is 2.06. The predicted octanol–water partition coefficient (Wildman–Crippen LogP) is 2.42. The smallest absolute Gasteiger partial charge is 0.226 e. The van der Waals surface area contributed by atoms with Crippen molar-refractivity contribution in [2.45, 2.75) is 26.3 Å². The summed E-state index contributed by atoms with van der Waals surface area (Å²) in [5.74, 6) is 1.40. The zero-order chi connectivity index (χ0) is 12.4. The Kier molecular flexibility index (Phi) is 2.80. The minimum Gasteiger partial charge on any atom is -0.339 e. The first-order valence-corrected chi connectivity index (χ1v) is 6.08. The average Bonchev–Trinajstić information content (AvgIpc) is 2.99. The van der Waals surface area contributed by atoms with Crippen LogP contribution in [0.3, 0.4) is 0 Å². The maximum absolute atomic E-state index is 5.17. The number of nitrogens with zero attached hydrogens (tertiary/aromatic N) is 4. The van der Waals surface area contributed by atoms with Gasteiger partial charge in [-0.25, -0.2) is 4.98 Å². The highest BCUT2D eigenvalue weighted by atomic mass is 16.5.